The van der Waals surface area contributed by atoms with E-state index in [1.54, 1.807) is 0 Å². The highest BCUT2D eigenvalue weighted by Gasteiger charge is 2.40. The van der Waals surface area contributed by atoms with Crippen LogP contribution in [0.25, 0.3) is 11.3 Å². The number of hydrogen-bond donors (Lipinski definition) is 2. The molecular formula is C25H28N4. The van der Waals surface area contributed by atoms with E-state index in [2.05, 4.69) is 71.9 Å². The van der Waals surface area contributed by atoms with Crippen molar-refractivity contribution in [3.8, 4) is 11.3 Å². The molecule has 2 aromatic carbocycles. The van der Waals surface area contributed by atoms with Crippen molar-refractivity contribution < 1.29 is 0 Å². The predicted octanol–water partition coefficient (Wildman–Crippen LogP) is 4.55. The average Bonchev–Trinajstić information content (AvgIpc) is 2.76. The molecule has 0 bridgehead atoms. The van der Waals surface area contributed by atoms with E-state index < -0.39 is 0 Å². The molecule has 29 heavy (non-hydrogen) atoms. The maximum atomic E-state index is 4.96. The molecule has 1 saturated heterocycles. The molecule has 5 rings (SSSR count). The van der Waals surface area contributed by atoms with Crippen LogP contribution in [0.4, 0.5) is 5.95 Å². The standard InChI is InChI=1S/C25H28N4/c1-17-6-5-7-19(18(17)2)15-27-24-28-16-20-14-25(10-12-26-13-11-25)22-9-4-3-8-21(22)23(20)29-24/h3-9,16,26H,10-15H2,1-2H3,(H,27,28,29). The van der Waals surface area contributed by atoms with Gasteiger partial charge in [-0.25, -0.2) is 9.97 Å². The molecule has 148 valence electrons. The molecule has 2 aliphatic rings. The Hall–Kier alpha value is -2.72. The summed E-state index contributed by atoms with van der Waals surface area (Å²) in [5, 5.41) is 6.97. The molecule has 0 amide bonds. The molecule has 1 spiro atoms. The fourth-order valence-electron chi connectivity index (χ4n) is 5.00. The number of aromatic nitrogens is 2. The smallest absolute Gasteiger partial charge is 0.223 e. The highest BCUT2D eigenvalue weighted by molar-refractivity contribution is 5.72. The molecule has 1 aliphatic heterocycles. The molecule has 0 saturated carbocycles. The molecule has 0 atom stereocenters. The minimum absolute atomic E-state index is 0.228. The normalized spacial score (nSPS) is 16.9. The summed E-state index contributed by atoms with van der Waals surface area (Å²) < 4.78 is 0. The van der Waals surface area contributed by atoms with Crippen LogP contribution in [0.1, 0.15) is 40.7 Å². The largest absolute Gasteiger partial charge is 0.350 e. The average molecular weight is 385 g/mol. The minimum atomic E-state index is 0.228. The van der Waals surface area contributed by atoms with Crippen molar-refractivity contribution in [2.24, 2.45) is 0 Å². The Morgan fingerprint density at radius 3 is 2.72 bits per heavy atom. The van der Waals surface area contributed by atoms with E-state index in [-0.39, 0.29) is 5.41 Å². The Labute approximate surface area is 172 Å². The summed E-state index contributed by atoms with van der Waals surface area (Å²) in [6, 6.07) is 15.3. The quantitative estimate of drug-likeness (QED) is 0.696. The van der Waals surface area contributed by atoms with Crippen LogP contribution in [0.5, 0.6) is 0 Å². The van der Waals surface area contributed by atoms with Crippen molar-refractivity contribution in [2.45, 2.75) is 45.1 Å². The van der Waals surface area contributed by atoms with Gasteiger partial charge in [0, 0.05) is 23.7 Å². The lowest BCUT2D eigenvalue weighted by Gasteiger charge is -2.42. The maximum absolute atomic E-state index is 4.96. The van der Waals surface area contributed by atoms with Gasteiger partial charge in [0.2, 0.25) is 5.95 Å². The van der Waals surface area contributed by atoms with Gasteiger partial charge in [0.1, 0.15) is 0 Å². The maximum Gasteiger partial charge on any atom is 0.223 e. The monoisotopic (exact) mass is 384 g/mol. The number of aryl methyl sites for hydroxylation is 1. The van der Waals surface area contributed by atoms with Crippen LogP contribution in [0.2, 0.25) is 0 Å². The minimum Gasteiger partial charge on any atom is -0.350 e. The number of anilines is 1. The zero-order chi connectivity index (χ0) is 19.8. The van der Waals surface area contributed by atoms with Crippen LogP contribution >= 0.6 is 0 Å². The van der Waals surface area contributed by atoms with E-state index in [9.17, 15) is 0 Å². The van der Waals surface area contributed by atoms with Crippen molar-refractivity contribution in [3.63, 3.8) is 0 Å². The number of hydrogen-bond acceptors (Lipinski definition) is 4. The summed E-state index contributed by atoms with van der Waals surface area (Å²) >= 11 is 0. The van der Waals surface area contributed by atoms with E-state index in [0.29, 0.717) is 5.95 Å². The van der Waals surface area contributed by atoms with Crippen molar-refractivity contribution >= 4 is 5.95 Å². The summed E-state index contributed by atoms with van der Waals surface area (Å²) in [7, 11) is 0. The van der Waals surface area contributed by atoms with Crippen molar-refractivity contribution in [1.82, 2.24) is 15.3 Å². The second kappa shape index (κ2) is 7.27. The first-order chi connectivity index (χ1) is 14.2. The van der Waals surface area contributed by atoms with E-state index in [4.69, 9.17) is 4.98 Å². The number of fused-ring (bicyclic) bond motifs is 4. The van der Waals surface area contributed by atoms with E-state index in [1.807, 2.05) is 6.20 Å². The Kier molecular flexibility index (Phi) is 4.59. The number of nitrogens with zero attached hydrogens (tertiary/aromatic N) is 2. The number of rotatable bonds is 3. The molecule has 4 heteroatoms. The predicted molar refractivity (Wildman–Crippen MR) is 118 cm³/mol. The summed E-state index contributed by atoms with van der Waals surface area (Å²) in [6.07, 6.45) is 5.44. The molecule has 4 nitrogen and oxygen atoms in total. The summed E-state index contributed by atoms with van der Waals surface area (Å²) in [5.41, 5.74) is 9.30. The Bertz CT molecular complexity index is 1050. The molecule has 1 aliphatic carbocycles. The number of nitrogens with one attached hydrogen (secondary N) is 2. The lowest BCUT2D eigenvalue weighted by Crippen LogP contribution is -2.43. The van der Waals surface area contributed by atoms with Gasteiger partial charge in [-0.05, 0) is 74.0 Å². The van der Waals surface area contributed by atoms with Crippen LogP contribution < -0.4 is 10.6 Å². The van der Waals surface area contributed by atoms with Gasteiger partial charge >= 0.3 is 0 Å². The SMILES string of the molecule is Cc1cccc(CNc2ncc3c(n2)-c2ccccc2C2(CCNCC2)C3)c1C. The van der Waals surface area contributed by atoms with Crippen LogP contribution in [0.3, 0.4) is 0 Å². The molecular weight excluding hydrogens is 356 g/mol. The van der Waals surface area contributed by atoms with Gasteiger partial charge in [0.05, 0.1) is 5.69 Å². The molecule has 3 aromatic rings. The number of benzene rings is 2. The van der Waals surface area contributed by atoms with Gasteiger partial charge in [0.25, 0.3) is 0 Å². The summed E-state index contributed by atoms with van der Waals surface area (Å²) in [5.74, 6) is 0.709. The summed E-state index contributed by atoms with van der Waals surface area (Å²) in [6.45, 7) is 7.24. The van der Waals surface area contributed by atoms with Crippen LogP contribution in [0.15, 0.2) is 48.7 Å². The third-order valence-corrected chi connectivity index (χ3v) is 6.86. The lowest BCUT2D eigenvalue weighted by molar-refractivity contribution is 0.302. The van der Waals surface area contributed by atoms with Gasteiger partial charge in [-0.1, -0.05) is 42.5 Å². The van der Waals surface area contributed by atoms with Gasteiger partial charge in [-0.15, -0.1) is 0 Å². The van der Waals surface area contributed by atoms with Crippen LogP contribution in [0, 0.1) is 13.8 Å². The van der Waals surface area contributed by atoms with E-state index >= 15 is 0 Å². The Morgan fingerprint density at radius 2 is 1.86 bits per heavy atom. The van der Waals surface area contributed by atoms with Crippen LogP contribution in [-0.2, 0) is 18.4 Å². The molecule has 2 N–H and O–H groups in total. The molecule has 0 radical (unpaired) electrons. The van der Waals surface area contributed by atoms with E-state index in [1.165, 1.54) is 46.2 Å². The highest BCUT2D eigenvalue weighted by atomic mass is 15.1. The van der Waals surface area contributed by atoms with Gasteiger partial charge < -0.3 is 10.6 Å². The summed E-state index contributed by atoms with van der Waals surface area (Å²) in [4.78, 5) is 9.63. The Balaban J connectivity index is 1.47. The molecule has 0 unspecified atom stereocenters. The van der Waals surface area contributed by atoms with E-state index in [0.717, 1.165) is 31.7 Å². The first-order valence-corrected chi connectivity index (χ1v) is 10.6. The second-order valence-electron chi connectivity index (χ2n) is 8.53. The molecule has 2 heterocycles. The number of piperidine rings is 1. The first-order valence-electron chi connectivity index (χ1n) is 10.6. The van der Waals surface area contributed by atoms with Crippen molar-refractivity contribution in [2.75, 3.05) is 18.4 Å². The fourth-order valence-corrected chi connectivity index (χ4v) is 5.00. The first kappa shape index (κ1) is 18.3. The van der Waals surface area contributed by atoms with Crippen molar-refractivity contribution in [1.29, 1.82) is 0 Å². The van der Waals surface area contributed by atoms with Gasteiger partial charge in [-0.2, -0.15) is 0 Å². The van der Waals surface area contributed by atoms with Crippen molar-refractivity contribution in [3.05, 3.63) is 76.5 Å². The molecule has 1 fully saturated rings. The van der Waals surface area contributed by atoms with Gasteiger partial charge in [-0.3, -0.25) is 0 Å². The third-order valence-electron chi connectivity index (χ3n) is 6.86. The zero-order valence-corrected chi connectivity index (χ0v) is 17.3. The second-order valence-corrected chi connectivity index (χ2v) is 8.53. The zero-order valence-electron chi connectivity index (χ0n) is 17.3. The fraction of sp³-hybridized carbons (Fsp3) is 0.360. The molecule has 1 aromatic heterocycles. The topological polar surface area (TPSA) is 49.8 Å². The Morgan fingerprint density at radius 1 is 1.03 bits per heavy atom. The van der Waals surface area contributed by atoms with Gasteiger partial charge in [0.15, 0.2) is 0 Å². The third kappa shape index (κ3) is 3.22. The highest BCUT2D eigenvalue weighted by Crippen LogP contribution is 2.46. The lowest BCUT2D eigenvalue weighted by atomic mass is 9.64. The van der Waals surface area contributed by atoms with Crippen LogP contribution in [-0.4, -0.2) is 23.1 Å².